The van der Waals surface area contributed by atoms with Gasteiger partial charge in [0.25, 0.3) is 0 Å². The largest absolute Gasteiger partial charge is 0.383 e. The molecule has 2 N–H and O–H groups in total. The van der Waals surface area contributed by atoms with E-state index >= 15 is 0 Å². The minimum atomic E-state index is 0.280. The van der Waals surface area contributed by atoms with Crippen LogP contribution in [0.4, 0.5) is 0 Å². The Labute approximate surface area is 130 Å². The highest BCUT2D eigenvalue weighted by molar-refractivity contribution is 6.10. The number of nitrogens with zero attached hydrogens (tertiary/aromatic N) is 3. The summed E-state index contributed by atoms with van der Waals surface area (Å²) in [4.78, 5) is 13.0. The molecule has 4 heteroatoms. The number of allylic oxidation sites excluding steroid dienone is 1. The second kappa shape index (κ2) is 8.32. The van der Waals surface area contributed by atoms with Crippen molar-refractivity contribution in [2.75, 3.05) is 6.67 Å². The Hall–Kier alpha value is -3.01. The molecule has 0 fully saturated rings. The van der Waals surface area contributed by atoms with Gasteiger partial charge in [-0.25, -0.2) is 9.98 Å². The summed E-state index contributed by atoms with van der Waals surface area (Å²) < 4.78 is 0. The van der Waals surface area contributed by atoms with E-state index in [1.807, 2.05) is 60.7 Å². The van der Waals surface area contributed by atoms with Crippen LogP contribution >= 0.6 is 0 Å². The number of benzene rings is 2. The molecule has 0 heterocycles. The van der Waals surface area contributed by atoms with Gasteiger partial charge in [-0.15, -0.1) is 0 Å². The highest BCUT2D eigenvalue weighted by Crippen LogP contribution is 2.05. The van der Waals surface area contributed by atoms with Crippen LogP contribution in [0.1, 0.15) is 11.1 Å². The summed E-state index contributed by atoms with van der Waals surface area (Å²) in [5.41, 5.74) is 7.84. The summed E-state index contributed by atoms with van der Waals surface area (Å²) >= 11 is 0. The molecule has 0 aliphatic rings. The molecular weight excluding hydrogens is 272 g/mol. The molecule has 0 radical (unpaired) electrons. The minimum Gasteiger partial charge on any atom is -0.383 e. The van der Waals surface area contributed by atoms with Crippen molar-refractivity contribution in [3.63, 3.8) is 0 Å². The van der Waals surface area contributed by atoms with Gasteiger partial charge in [-0.05, 0) is 0 Å². The van der Waals surface area contributed by atoms with Crippen LogP contribution in [0, 0.1) is 0 Å². The standard InChI is InChI=1S/C18H18N4/c1-2-13-20-14-21-18(16-11-7-4-8-12-16)22-17(19)15-9-5-3-6-10-15/h2-13H,1,14H2,(H2,19,21,22). The molecule has 0 atom stereocenters. The van der Waals surface area contributed by atoms with E-state index in [1.165, 1.54) is 0 Å². The van der Waals surface area contributed by atoms with Crippen LogP contribution in [0.25, 0.3) is 0 Å². The first-order chi connectivity index (χ1) is 10.8. The monoisotopic (exact) mass is 290 g/mol. The molecule has 0 aliphatic heterocycles. The molecule has 2 aromatic carbocycles. The summed E-state index contributed by atoms with van der Waals surface area (Å²) in [5, 5.41) is 0. The molecule has 110 valence electrons. The predicted molar refractivity (Wildman–Crippen MR) is 93.7 cm³/mol. The summed E-state index contributed by atoms with van der Waals surface area (Å²) in [6.07, 6.45) is 3.22. The second-order valence-corrected chi connectivity index (χ2v) is 4.42. The molecule has 0 amide bonds. The third-order valence-electron chi connectivity index (χ3n) is 2.84. The third kappa shape index (κ3) is 4.52. The maximum absolute atomic E-state index is 6.08. The van der Waals surface area contributed by atoms with Crippen molar-refractivity contribution >= 4 is 17.9 Å². The van der Waals surface area contributed by atoms with Crippen molar-refractivity contribution in [2.45, 2.75) is 0 Å². The lowest BCUT2D eigenvalue weighted by atomic mass is 10.2. The normalized spacial score (nSPS) is 12.5. The van der Waals surface area contributed by atoms with Crippen molar-refractivity contribution < 1.29 is 0 Å². The Morgan fingerprint density at radius 2 is 1.55 bits per heavy atom. The van der Waals surface area contributed by atoms with Gasteiger partial charge in [-0.2, -0.15) is 0 Å². The van der Waals surface area contributed by atoms with Gasteiger partial charge in [0.05, 0.1) is 0 Å². The van der Waals surface area contributed by atoms with Crippen molar-refractivity contribution in [3.8, 4) is 0 Å². The molecule has 0 spiro atoms. The van der Waals surface area contributed by atoms with E-state index in [-0.39, 0.29) is 6.67 Å². The summed E-state index contributed by atoms with van der Waals surface area (Å²) in [6.45, 7) is 3.86. The van der Waals surface area contributed by atoms with Crippen molar-refractivity contribution in [2.24, 2.45) is 20.7 Å². The lowest BCUT2D eigenvalue weighted by Crippen LogP contribution is -2.16. The highest BCUT2D eigenvalue weighted by Gasteiger charge is 2.04. The summed E-state index contributed by atoms with van der Waals surface area (Å²) in [6, 6.07) is 19.3. The topological polar surface area (TPSA) is 63.1 Å². The fraction of sp³-hybridized carbons (Fsp3) is 0.0556. The first kappa shape index (κ1) is 15.4. The molecule has 0 saturated carbocycles. The average Bonchev–Trinajstić information content (AvgIpc) is 2.59. The number of rotatable bonds is 5. The Morgan fingerprint density at radius 3 is 2.14 bits per heavy atom. The molecule has 0 bridgehead atoms. The summed E-state index contributed by atoms with van der Waals surface area (Å²) in [5.74, 6) is 0.985. The van der Waals surface area contributed by atoms with Gasteiger partial charge in [0.2, 0.25) is 0 Å². The quantitative estimate of drug-likeness (QED) is 0.667. The minimum absolute atomic E-state index is 0.280. The maximum atomic E-state index is 6.08. The van der Waals surface area contributed by atoms with Gasteiger partial charge >= 0.3 is 0 Å². The molecule has 0 aromatic heterocycles. The van der Waals surface area contributed by atoms with Gasteiger partial charge in [0.15, 0.2) is 5.84 Å². The van der Waals surface area contributed by atoms with Crippen LogP contribution in [0.15, 0.2) is 88.3 Å². The van der Waals surface area contributed by atoms with Crippen LogP contribution in [0.2, 0.25) is 0 Å². The Balaban J connectivity index is 2.32. The van der Waals surface area contributed by atoms with Gasteiger partial charge in [-0.3, -0.25) is 4.99 Å². The Morgan fingerprint density at radius 1 is 0.955 bits per heavy atom. The van der Waals surface area contributed by atoms with Crippen molar-refractivity contribution in [1.82, 2.24) is 0 Å². The molecule has 0 unspecified atom stereocenters. The lowest BCUT2D eigenvalue weighted by molar-refractivity contribution is 1.07. The molecule has 0 saturated heterocycles. The van der Waals surface area contributed by atoms with Crippen LogP contribution in [0.3, 0.4) is 0 Å². The number of hydrogen-bond donors (Lipinski definition) is 1. The van der Waals surface area contributed by atoms with Crippen LogP contribution in [0.5, 0.6) is 0 Å². The van der Waals surface area contributed by atoms with E-state index in [1.54, 1.807) is 12.3 Å². The first-order valence-corrected chi connectivity index (χ1v) is 6.91. The van der Waals surface area contributed by atoms with Gasteiger partial charge in [-0.1, -0.05) is 73.3 Å². The SMILES string of the molecule is C=CC=NCN=C(N=C(N)c1ccccc1)c1ccccc1. The average molecular weight is 290 g/mol. The molecule has 2 aromatic rings. The van der Waals surface area contributed by atoms with Crippen LogP contribution in [-0.4, -0.2) is 24.6 Å². The fourth-order valence-electron chi connectivity index (χ4n) is 1.80. The highest BCUT2D eigenvalue weighted by atomic mass is 15.0. The molecule has 4 nitrogen and oxygen atoms in total. The Kier molecular flexibility index (Phi) is 5.81. The van der Waals surface area contributed by atoms with Crippen molar-refractivity contribution in [3.05, 3.63) is 84.4 Å². The Bertz CT molecular complexity index is 686. The molecule has 0 aliphatic carbocycles. The second-order valence-electron chi connectivity index (χ2n) is 4.42. The number of aliphatic imine (C=N–C) groups is 3. The van der Waals surface area contributed by atoms with Gasteiger partial charge < -0.3 is 5.73 Å². The maximum Gasteiger partial charge on any atom is 0.158 e. The van der Waals surface area contributed by atoms with E-state index in [0.29, 0.717) is 11.7 Å². The van der Waals surface area contributed by atoms with Crippen LogP contribution in [-0.2, 0) is 0 Å². The molecule has 2 rings (SSSR count). The van der Waals surface area contributed by atoms with E-state index in [0.717, 1.165) is 11.1 Å². The van der Waals surface area contributed by atoms with Crippen molar-refractivity contribution in [1.29, 1.82) is 0 Å². The van der Waals surface area contributed by atoms with E-state index in [9.17, 15) is 0 Å². The van der Waals surface area contributed by atoms with E-state index in [2.05, 4.69) is 21.6 Å². The zero-order valence-electron chi connectivity index (χ0n) is 12.3. The number of nitrogens with two attached hydrogens (primary N) is 1. The number of hydrogen-bond acceptors (Lipinski definition) is 2. The van der Waals surface area contributed by atoms with Gasteiger partial charge in [0, 0.05) is 17.3 Å². The lowest BCUT2D eigenvalue weighted by Gasteiger charge is -2.04. The van der Waals surface area contributed by atoms with E-state index < -0.39 is 0 Å². The fourth-order valence-corrected chi connectivity index (χ4v) is 1.80. The first-order valence-electron chi connectivity index (χ1n) is 6.91. The smallest absolute Gasteiger partial charge is 0.158 e. The predicted octanol–water partition coefficient (Wildman–Crippen LogP) is 3.05. The number of amidine groups is 2. The van der Waals surface area contributed by atoms with Crippen LogP contribution < -0.4 is 5.73 Å². The van der Waals surface area contributed by atoms with Gasteiger partial charge in [0.1, 0.15) is 12.5 Å². The third-order valence-corrected chi connectivity index (χ3v) is 2.84. The zero-order valence-corrected chi connectivity index (χ0v) is 12.3. The molecule has 22 heavy (non-hydrogen) atoms. The van der Waals surface area contributed by atoms with E-state index in [4.69, 9.17) is 5.73 Å². The zero-order chi connectivity index (χ0) is 15.6. The molecular formula is C18H18N4. The summed E-state index contributed by atoms with van der Waals surface area (Å²) in [7, 11) is 0.